The van der Waals surface area contributed by atoms with E-state index in [1.54, 1.807) is 4.90 Å². The van der Waals surface area contributed by atoms with E-state index >= 15 is 0 Å². The first kappa shape index (κ1) is 10.2. The van der Waals surface area contributed by atoms with Crippen molar-refractivity contribution in [3.05, 3.63) is 0 Å². The molecule has 0 saturated carbocycles. The Morgan fingerprint density at radius 1 is 1.46 bits per heavy atom. The van der Waals surface area contributed by atoms with E-state index in [0.717, 1.165) is 12.8 Å². The predicted molar refractivity (Wildman–Crippen MR) is 51.2 cm³/mol. The Morgan fingerprint density at radius 2 is 2.00 bits per heavy atom. The molecule has 0 bridgehead atoms. The first-order valence-corrected chi connectivity index (χ1v) is 4.65. The minimum atomic E-state index is -0.369. The summed E-state index contributed by atoms with van der Waals surface area (Å²) in [6, 6.07) is 0. The number of carbonyl (C=O) groups excluding carboxylic acids is 2. The average Bonchev–Trinajstić information content (AvgIpc) is 2.17. The van der Waals surface area contributed by atoms with Crippen LogP contribution >= 0.6 is 0 Å². The summed E-state index contributed by atoms with van der Waals surface area (Å²) >= 11 is 0. The molecule has 0 aromatic rings. The SMILES string of the molecule is CC(=O)C(=O)N1CCC(CN)CC1.[HH]. The van der Waals surface area contributed by atoms with E-state index in [1.165, 1.54) is 6.92 Å². The Balaban J connectivity index is 0.00000169. The molecule has 1 rings (SSSR count). The zero-order valence-corrected chi connectivity index (χ0v) is 7.95. The molecule has 2 N–H and O–H groups in total. The number of hydrogen-bond donors (Lipinski definition) is 1. The lowest BCUT2D eigenvalue weighted by molar-refractivity contribution is -0.144. The van der Waals surface area contributed by atoms with E-state index in [2.05, 4.69) is 0 Å². The van der Waals surface area contributed by atoms with Crippen molar-refractivity contribution in [3.63, 3.8) is 0 Å². The van der Waals surface area contributed by atoms with Crippen LogP contribution in [0.1, 0.15) is 21.2 Å². The van der Waals surface area contributed by atoms with Crippen molar-refractivity contribution in [2.24, 2.45) is 11.7 Å². The summed E-state index contributed by atoms with van der Waals surface area (Å²) in [6.45, 7) is 3.36. The molecule has 0 unspecified atom stereocenters. The third-order valence-corrected chi connectivity index (χ3v) is 2.54. The molecule has 1 fully saturated rings. The van der Waals surface area contributed by atoms with Crippen molar-refractivity contribution in [3.8, 4) is 0 Å². The van der Waals surface area contributed by atoms with Gasteiger partial charge in [0.25, 0.3) is 5.91 Å². The summed E-state index contributed by atoms with van der Waals surface area (Å²) in [4.78, 5) is 23.6. The Labute approximate surface area is 79.6 Å². The molecular weight excluding hydrogens is 168 g/mol. The molecule has 0 radical (unpaired) electrons. The third-order valence-electron chi connectivity index (χ3n) is 2.54. The van der Waals surface area contributed by atoms with Gasteiger partial charge in [-0.25, -0.2) is 0 Å². The van der Waals surface area contributed by atoms with Gasteiger partial charge in [0.2, 0.25) is 5.78 Å². The average molecular weight is 186 g/mol. The van der Waals surface area contributed by atoms with Gasteiger partial charge in [0.15, 0.2) is 0 Å². The van der Waals surface area contributed by atoms with Crippen molar-refractivity contribution < 1.29 is 11.0 Å². The highest BCUT2D eigenvalue weighted by Crippen LogP contribution is 2.15. The van der Waals surface area contributed by atoms with Crippen molar-refractivity contribution in [2.45, 2.75) is 19.8 Å². The van der Waals surface area contributed by atoms with Crippen molar-refractivity contribution in [1.82, 2.24) is 4.90 Å². The number of likely N-dealkylation sites (tertiary alicyclic amines) is 1. The molecule has 0 atom stereocenters. The van der Waals surface area contributed by atoms with E-state index in [1.807, 2.05) is 0 Å². The van der Waals surface area contributed by atoms with Gasteiger partial charge in [-0.2, -0.15) is 0 Å². The maximum atomic E-state index is 11.2. The largest absolute Gasteiger partial charge is 0.336 e. The highest BCUT2D eigenvalue weighted by atomic mass is 16.2. The van der Waals surface area contributed by atoms with Gasteiger partial charge in [-0.05, 0) is 25.3 Å². The van der Waals surface area contributed by atoms with Crippen LogP contribution in [0.2, 0.25) is 0 Å². The maximum Gasteiger partial charge on any atom is 0.289 e. The predicted octanol–water partition coefficient (Wildman–Crippen LogP) is 0.0187. The van der Waals surface area contributed by atoms with Crippen LogP contribution in [0.5, 0.6) is 0 Å². The number of nitrogens with two attached hydrogens (primary N) is 1. The van der Waals surface area contributed by atoms with Gasteiger partial charge in [-0.15, -0.1) is 0 Å². The quantitative estimate of drug-likeness (QED) is 0.618. The second kappa shape index (κ2) is 4.37. The van der Waals surface area contributed by atoms with E-state index in [9.17, 15) is 9.59 Å². The molecule has 1 saturated heterocycles. The van der Waals surface area contributed by atoms with Gasteiger partial charge < -0.3 is 10.6 Å². The van der Waals surface area contributed by atoms with Crippen LogP contribution in [-0.2, 0) is 9.59 Å². The number of ketones is 1. The van der Waals surface area contributed by atoms with Gasteiger partial charge >= 0.3 is 0 Å². The summed E-state index contributed by atoms with van der Waals surface area (Å²) in [7, 11) is 0. The lowest BCUT2D eigenvalue weighted by atomic mass is 9.97. The van der Waals surface area contributed by atoms with Gasteiger partial charge in [0.1, 0.15) is 0 Å². The Kier molecular flexibility index (Phi) is 3.42. The van der Waals surface area contributed by atoms with E-state index < -0.39 is 0 Å². The lowest BCUT2D eigenvalue weighted by Crippen LogP contribution is -2.42. The maximum absolute atomic E-state index is 11.2. The summed E-state index contributed by atoms with van der Waals surface area (Å²) in [6.07, 6.45) is 1.85. The molecule has 0 aliphatic carbocycles. The van der Waals surface area contributed by atoms with Gasteiger partial charge in [0.05, 0.1) is 0 Å². The number of carbonyl (C=O) groups is 2. The number of Topliss-reactive ketones (excluding diaryl/α,β-unsaturated/α-hetero) is 1. The number of amides is 1. The summed E-state index contributed by atoms with van der Waals surface area (Å²) in [5.41, 5.74) is 5.51. The fourth-order valence-corrected chi connectivity index (χ4v) is 1.59. The van der Waals surface area contributed by atoms with Gasteiger partial charge in [-0.3, -0.25) is 9.59 Å². The molecule has 0 aromatic carbocycles. The number of rotatable bonds is 2. The zero-order valence-electron chi connectivity index (χ0n) is 7.95. The van der Waals surface area contributed by atoms with Gasteiger partial charge in [0, 0.05) is 21.4 Å². The lowest BCUT2D eigenvalue weighted by Gasteiger charge is -2.30. The second-order valence-corrected chi connectivity index (χ2v) is 3.53. The Bertz CT molecular complexity index is 213. The molecule has 13 heavy (non-hydrogen) atoms. The van der Waals surface area contributed by atoms with Crippen LogP contribution in [0.15, 0.2) is 0 Å². The molecule has 1 amide bonds. The molecule has 0 spiro atoms. The molecule has 76 valence electrons. The first-order chi connectivity index (χ1) is 6.15. The monoisotopic (exact) mass is 186 g/mol. The van der Waals surface area contributed by atoms with E-state index in [4.69, 9.17) is 5.73 Å². The van der Waals surface area contributed by atoms with E-state index in [-0.39, 0.29) is 13.1 Å². The third kappa shape index (κ3) is 2.52. The fraction of sp³-hybridized carbons (Fsp3) is 0.778. The van der Waals surface area contributed by atoms with Crippen LogP contribution in [0.25, 0.3) is 0 Å². The number of piperidine rings is 1. The van der Waals surface area contributed by atoms with Crippen LogP contribution in [0.4, 0.5) is 0 Å². The molecular formula is C9H18N2O2. The smallest absolute Gasteiger partial charge is 0.289 e. The first-order valence-electron chi connectivity index (χ1n) is 4.65. The topological polar surface area (TPSA) is 63.4 Å². The van der Waals surface area contributed by atoms with E-state index in [0.29, 0.717) is 25.6 Å². The van der Waals surface area contributed by atoms with Gasteiger partial charge in [-0.1, -0.05) is 0 Å². The van der Waals surface area contributed by atoms with Crippen LogP contribution in [-0.4, -0.2) is 36.2 Å². The molecule has 1 heterocycles. The number of hydrogen-bond acceptors (Lipinski definition) is 3. The fourth-order valence-electron chi connectivity index (χ4n) is 1.59. The zero-order chi connectivity index (χ0) is 9.84. The molecule has 4 nitrogen and oxygen atoms in total. The Hall–Kier alpha value is -0.900. The Morgan fingerprint density at radius 3 is 2.38 bits per heavy atom. The standard InChI is InChI=1S/C9H16N2O2.H2/c1-7(12)9(13)11-4-2-8(6-10)3-5-11;/h8H,2-6,10H2,1H3;1H. The van der Waals surface area contributed by atoms with Crippen LogP contribution in [0, 0.1) is 5.92 Å². The van der Waals surface area contributed by atoms with Crippen molar-refractivity contribution >= 4 is 11.7 Å². The second-order valence-electron chi connectivity index (χ2n) is 3.53. The van der Waals surface area contributed by atoms with Crippen molar-refractivity contribution in [1.29, 1.82) is 0 Å². The molecule has 1 aliphatic heterocycles. The summed E-state index contributed by atoms with van der Waals surface area (Å²) in [5.74, 6) is -0.197. The minimum Gasteiger partial charge on any atom is -0.336 e. The number of nitrogens with zero attached hydrogens (tertiary/aromatic N) is 1. The molecule has 1 aliphatic rings. The van der Waals surface area contributed by atoms with Crippen molar-refractivity contribution in [2.75, 3.05) is 19.6 Å². The normalized spacial score (nSPS) is 18.8. The molecule has 0 aromatic heterocycles. The minimum absolute atomic E-state index is 0. The summed E-state index contributed by atoms with van der Waals surface area (Å²) in [5, 5.41) is 0. The highest BCUT2D eigenvalue weighted by Gasteiger charge is 2.23. The summed E-state index contributed by atoms with van der Waals surface area (Å²) < 4.78 is 0. The van der Waals surface area contributed by atoms with Crippen LogP contribution in [0.3, 0.4) is 0 Å². The van der Waals surface area contributed by atoms with Crippen LogP contribution < -0.4 is 5.73 Å². The highest BCUT2D eigenvalue weighted by molar-refractivity contribution is 6.35. The molecule has 4 heteroatoms.